The van der Waals surface area contributed by atoms with Crippen molar-refractivity contribution in [1.82, 2.24) is 5.32 Å². The average Bonchev–Trinajstić information content (AvgIpc) is 3.06. The zero-order valence-electron chi connectivity index (χ0n) is 16.0. The molecule has 0 spiro atoms. The lowest BCUT2D eigenvalue weighted by atomic mass is 10.0. The molecule has 4 rings (SSSR count). The van der Waals surface area contributed by atoms with Crippen molar-refractivity contribution in [3.05, 3.63) is 76.7 Å². The number of carbonyl (C=O) groups is 2. The molecule has 0 unspecified atom stereocenters. The predicted molar refractivity (Wildman–Crippen MR) is 123 cm³/mol. The summed E-state index contributed by atoms with van der Waals surface area (Å²) >= 11 is 6.22. The first-order valence-electron chi connectivity index (χ1n) is 9.27. The molecule has 1 N–H and O–H groups in total. The van der Waals surface area contributed by atoms with Crippen LogP contribution in [0.3, 0.4) is 0 Å². The largest absolute Gasteiger partial charge is 0.490 e. The molecule has 150 valence electrons. The molecular weight excluding hydrogens is 418 g/mol. The molecule has 5 nitrogen and oxygen atoms in total. The summed E-state index contributed by atoms with van der Waals surface area (Å²) in [6.45, 7) is 2.25. The van der Waals surface area contributed by atoms with E-state index >= 15 is 0 Å². The van der Waals surface area contributed by atoms with Crippen LogP contribution in [0, 0.1) is 0 Å². The third-order valence-electron chi connectivity index (χ3n) is 4.42. The summed E-state index contributed by atoms with van der Waals surface area (Å²) in [4.78, 5) is 25.3. The van der Waals surface area contributed by atoms with Gasteiger partial charge in [-0.15, -0.1) is 0 Å². The van der Waals surface area contributed by atoms with Gasteiger partial charge in [-0.1, -0.05) is 66.4 Å². The van der Waals surface area contributed by atoms with Crippen molar-refractivity contribution in [3.8, 4) is 11.5 Å². The molecule has 0 aromatic heterocycles. The van der Waals surface area contributed by atoms with E-state index in [1.165, 1.54) is 11.8 Å². The Hall–Kier alpha value is -3.16. The smallest absolute Gasteiger partial charge is 0.344 e. The summed E-state index contributed by atoms with van der Waals surface area (Å²) in [6.07, 6.45) is 1.72. The molecule has 1 aliphatic rings. The van der Waals surface area contributed by atoms with Crippen molar-refractivity contribution in [1.29, 1.82) is 0 Å². The molecule has 1 heterocycles. The predicted octanol–water partition coefficient (Wildman–Crippen LogP) is 4.95. The molecule has 1 amide bonds. The highest BCUT2D eigenvalue weighted by Crippen LogP contribution is 2.33. The second kappa shape index (κ2) is 8.69. The molecule has 30 heavy (non-hydrogen) atoms. The fourth-order valence-electron chi connectivity index (χ4n) is 3.10. The lowest BCUT2D eigenvalue weighted by Crippen LogP contribution is -2.17. The molecule has 0 bridgehead atoms. The summed E-state index contributed by atoms with van der Waals surface area (Å²) in [5.74, 6) is 0.0479. The van der Waals surface area contributed by atoms with Gasteiger partial charge in [0.1, 0.15) is 4.32 Å². The van der Waals surface area contributed by atoms with Crippen LogP contribution in [0.15, 0.2) is 65.6 Å². The van der Waals surface area contributed by atoms with E-state index in [2.05, 4.69) is 5.32 Å². The fourth-order valence-corrected chi connectivity index (χ4v) is 4.14. The van der Waals surface area contributed by atoms with Gasteiger partial charge in [0.15, 0.2) is 11.5 Å². The van der Waals surface area contributed by atoms with Crippen LogP contribution in [-0.4, -0.2) is 22.8 Å². The summed E-state index contributed by atoms with van der Waals surface area (Å²) < 4.78 is 11.8. The van der Waals surface area contributed by atoms with Crippen molar-refractivity contribution < 1.29 is 19.1 Å². The molecule has 1 aliphatic heterocycles. The lowest BCUT2D eigenvalue weighted by Gasteiger charge is -2.12. The van der Waals surface area contributed by atoms with Crippen LogP contribution in [-0.2, 0) is 4.79 Å². The van der Waals surface area contributed by atoms with Gasteiger partial charge in [0.05, 0.1) is 17.1 Å². The number of ether oxygens (including phenoxy) is 2. The molecule has 1 fully saturated rings. The van der Waals surface area contributed by atoms with Gasteiger partial charge in [-0.25, -0.2) is 4.79 Å². The van der Waals surface area contributed by atoms with Gasteiger partial charge in [0.2, 0.25) is 0 Å². The lowest BCUT2D eigenvalue weighted by molar-refractivity contribution is -0.115. The molecule has 1 saturated heterocycles. The Morgan fingerprint density at radius 2 is 1.90 bits per heavy atom. The third-order valence-corrected chi connectivity index (χ3v) is 5.58. The number of esters is 1. The number of benzene rings is 3. The van der Waals surface area contributed by atoms with Crippen LogP contribution in [0.4, 0.5) is 0 Å². The second-order valence-electron chi connectivity index (χ2n) is 6.41. The van der Waals surface area contributed by atoms with Crippen molar-refractivity contribution in [2.24, 2.45) is 0 Å². The number of hydrogen-bond acceptors (Lipinski definition) is 6. The normalized spacial score (nSPS) is 14.8. The Labute approximate surface area is 183 Å². The number of rotatable bonds is 5. The van der Waals surface area contributed by atoms with Crippen LogP contribution in [0.2, 0.25) is 0 Å². The number of nitrogens with one attached hydrogen (secondary N) is 1. The Kier molecular flexibility index (Phi) is 5.83. The number of thioether (sulfide) groups is 1. The van der Waals surface area contributed by atoms with Gasteiger partial charge in [0, 0.05) is 0 Å². The van der Waals surface area contributed by atoms with E-state index < -0.39 is 5.97 Å². The van der Waals surface area contributed by atoms with E-state index in [-0.39, 0.29) is 5.91 Å². The molecule has 0 aliphatic carbocycles. The van der Waals surface area contributed by atoms with E-state index in [1.807, 2.05) is 43.3 Å². The van der Waals surface area contributed by atoms with E-state index in [0.717, 1.165) is 16.3 Å². The highest BCUT2D eigenvalue weighted by Gasteiger charge is 2.22. The monoisotopic (exact) mass is 435 g/mol. The van der Waals surface area contributed by atoms with Crippen LogP contribution in [0.25, 0.3) is 16.8 Å². The van der Waals surface area contributed by atoms with Crippen LogP contribution in [0.1, 0.15) is 22.8 Å². The molecule has 0 atom stereocenters. The van der Waals surface area contributed by atoms with E-state index in [9.17, 15) is 9.59 Å². The Bertz CT molecular complexity index is 1200. The van der Waals surface area contributed by atoms with Gasteiger partial charge in [-0.05, 0) is 47.5 Å². The number of amides is 1. The average molecular weight is 436 g/mol. The van der Waals surface area contributed by atoms with E-state index in [1.54, 1.807) is 30.3 Å². The summed E-state index contributed by atoms with van der Waals surface area (Å²) in [7, 11) is 0. The Morgan fingerprint density at radius 1 is 1.10 bits per heavy atom. The standard InChI is InChI=1S/C23H17NO4S2/c1-2-27-19-12-14(13-20-21(25)24-23(29)30-20)10-11-18(19)28-22(26)17-9-5-7-15-6-3-4-8-16(15)17/h3-13H,2H2,1H3,(H,24,25,29)/b20-13-. The fraction of sp³-hybridized carbons (Fsp3) is 0.0870. The number of thiocarbonyl (C=S) groups is 1. The first-order chi connectivity index (χ1) is 14.5. The Balaban J connectivity index is 1.63. The molecule has 7 heteroatoms. The minimum atomic E-state index is -0.463. The second-order valence-corrected chi connectivity index (χ2v) is 8.13. The summed E-state index contributed by atoms with van der Waals surface area (Å²) in [5, 5.41) is 4.37. The van der Waals surface area contributed by atoms with Crippen LogP contribution >= 0.6 is 24.0 Å². The van der Waals surface area contributed by atoms with Crippen LogP contribution in [0.5, 0.6) is 11.5 Å². The van der Waals surface area contributed by atoms with Crippen molar-refractivity contribution in [3.63, 3.8) is 0 Å². The maximum atomic E-state index is 12.9. The number of hydrogen-bond donors (Lipinski definition) is 1. The zero-order chi connectivity index (χ0) is 21.1. The summed E-state index contributed by atoms with van der Waals surface area (Å²) in [6, 6.07) is 18.3. The molecule has 0 saturated carbocycles. The maximum Gasteiger partial charge on any atom is 0.344 e. The quantitative estimate of drug-likeness (QED) is 0.265. The maximum absolute atomic E-state index is 12.9. The van der Waals surface area contributed by atoms with Crippen molar-refractivity contribution >= 4 is 57.0 Å². The Morgan fingerprint density at radius 3 is 2.67 bits per heavy atom. The zero-order valence-corrected chi connectivity index (χ0v) is 17.6. The van der Waals surface area contributed by atoms with E-state index in [0.29, 0.717) is 32.9 Å². The molecule has 3 aromatic carbocycles. The van der Waals surface area contributed by atoms with Crippen molar-refractivity contribution in [2.75, 3.05) is 6.61 Å². The van der Waals surface area contributed by atoms with Gasteiger partial charge in [-0.3, -0.25) is 4.79 Å². The van der Waals surface area contributed by atoms with Gasteiger partial charge in [0.25, 0.3) is 5.91 Å². The molecule has 3 aromatic rings. The first-order valence-corrected chi connectivity index (χ1v) is 10.5. The topological polar surface area (TPSA) is 64.6 Å². The summed E-state index contributed by atoms with van der Waals surface area (Å²) in [5.41, 5.74) is 1.22. The van der Waals surface area contributed by atoms with Crippen LogP contribution < -0.4 is 14.8 Å². The SMILES string of the molecule is CCOc1cc(/C=C2\SC(=S)NC2=O)ccc1OC(=O)c1cccc2ccccc12. The number of carbonyl (C=O) groups excluding carboxylic acids is 2. The molecule has 0 radical (unpaired) electrons. The molecular formula is C23H17NO4S2. The highest BCUT2D eigenvalue weighted by molar-refractivity contribution is 8.26. The minimum absolute atomic E-state index is 0.227. The third kappa shape index (κ3) is 4.22. The highest BCUT2D eigenvalue weighted by atomic mass is 32.2. The van der Waals surface area contributed by atoms with Crippen molar-refractivity contribution in [2.45, 2.75) is 6.92 Å². The van der Waals surface area contributed by atoms with Gasteiger partial charge in [-0.2, -0.15) is 0 Å². The first kappa shape index (κ1) is 20.1. The van der Waals surface area contributed by atoms with Gasteiger partial charge >= 0.3 is 5.97 Å². The number of fused-ring (bicyclic) bond motifs is 1. The minimum Gasteiger partial charge on any atom is -0.490 e. The van der Waals surface area contributed by atoms with Gasteiger partial charge < -0.3 is 14.8 Å². The van der Waals surface area contributed by atoms with E-state index in [4.69, 9.17) is 21.7 Å².